The van der Waals surface area contributed by atoms with Crippen LogP contribution >= 0.6 is 0 Å². The van der Waals surface area contributed by atoms with E-state index >= 15 is 0 Å². The average Bonchev–Trinajstić information content (AvgIpc) is 3.90. The van der Waals surface area contributed by atoms with Gasteiger partial charge in [-0.3, -0.25) is 48.5 Å². The number of hydrogen-bond donors (Lipinski definition) is 2. The van der Waals surface area contributed by atoms with E-state index in [9.17, 15) is 28.8 Å². The van der Waals surface area contributed by atoms with Crippen LogP contribution in [0.2, 0.25) is 0 Å². The minimum atomic E-state index is -1.04. The maximum atomic E-state index is 13.8. The molecule has 18 nitrogen and oxygen atoms in total. The van der Waals surface area contributed by atoms with Crippen molar-refractivity contribution < 1.29 is 33.5 Å². The van der Waals surface area contributed by atoms with Crippen molar-refractivity contribution >= 4 is 58.5 Å². The molecule has 0 saturated carbocycles. The number of rotatable bonds is 7. The van der Waals surface area contributed by atoms with Crippen LogP contribution in [0, 0.1) is 12.8 Å². The van der Waals surface area contributed by atoms with Gasteiger partial charge in [-0.25, -0.2) is 4.68 Å². The number of carbonyl (C=O) groups excluding carboxylic acids is 6. The average molecular weight is 870 g/mol. The number of piperazine rings is 1. The fourth-order valence-electron chi connectivity index (χ4n) is 9.19. The van der Waals surface area contributed by atoms with Crippen LogP contribution < -0.4 is 20.3 Å². The standard InChI is InChI=1S/C46H51N11O7/c1-27-7-6-20-64-45-32(24-48-53(45)4)35-23-30(21-28(2)49-35)41(60)51-46-50-33-11-10-29(22-37(33)56(46)25-27)26-54-16-18-55(19-17-54)39(59)14-15-47-34-9-5-8-31-40(34)44(63)57(42(31)61)36-12-13-38(58)52(3)43(36)62/h5,8-11,21-24,27,36,47H,6-7,12-20,25-26H2,1-4H3,(H,50,51,60)/t27-,36?/m1/s1. The molecule has 2 saturated heterocycles. The molecular formula is C46H51N11O7. The Morgan fingerprint density at radius 1 is 0.953 bits per heavy atom. The van der Waals surface area contributed by atoms with Crippen LogP contribution in [-0.2, 0) is 28.0 Å². The Hall–Kier alpha value is -6.95. The summed E-state index contributed by atoms with van der Waals surface area (Å²) in [5.74, 6) is -1.14. The number of nitrogens with one attached hydrogen (secondary N) is 2. The highest BCUT2D eigenvalue weighted by Gasteiger charge is 2.47. The summed E-state index contributed by atoms with van der Waals surface area (Å²) in [5, 5.41) is 11.0. The minimum Gasteiger partial charge on any atom is -0.477 e. The Balaban J connectivity index is 0.819. The number of fused-ring (bicyclic) bond motifs is 8. The predicted octanol–water partition coefficient (Wildman–Crippen LogP) is 3.92. The van der Waals surface area contributed by atoms with Gasteiger partial charge >= 0.3 is 0 Å². The SMILES string of the molecule is Cc1cc2cc(n1)-c1cnn(C)c1OCCC[C@@H](C)CN1/C(=N/C2=O)Nc2ccc(CN3CCN(C(=O)CCNc4cccc5c4C(=O)N(C4CCC(=O)N(C)C4=O)C5=O)CC3)cc21. The maximum Gasteiger partial charge on any atom is 0.280 e. The van der Waals surface area contributed by atoms with Crippen molar-refractivity contribution in [2.75, 3.05) is 68.5 Å². The lowest BCUT2D eigenvalue weighted by molar-refractivity contribution is -0.149. The number of benzene rings is 2. The molecule has 2 fully saturated rings. The van der Waals surface area contributed by atoms with Gasteiger partial charge in [-0.2, -0.15) is 10.1 Å². The third-order valence-corrected chi connectivity index (χ3v) is 12.7. The Kier molecular flexibility index (Phi) is 11.5. The zero-order valence-electron chi connectivity index (χ0n) is 36.4. The molecule has 4 aromatic rings. The number of aryl methyl sites for hydroxylation is 2. The lowest BCUT2D eigenvalue weighted by Crippen LogP contribution is -2.54. The highest BCUT2D eigenvalue weighted by molar-refractivity contribution is 6.25. The van der Waals surface area contributed by atoms with Crippen molar-refractivity contribution in [1.82, 2.24) is 34.4 Å². The zero-order chi connectivity index (χ0) is 44.8. The van der Waals surface area contributed by atoms with E-state index < -0.39 is 23.8 Å². The fraction of sp³-hybridized carbons (Fsp3) is 0.413. The number of guanidine groups is 1. The van der Waals surface area contributed by atoms with Gasteiger partial charge in [0, 0.05) is 89.7 Å². The van der Waals surface area contributed by atoms with E-state index in [0.717, 1.165) is 45.1 Å². The summed E-state index contributed by atoms with van der Waals surface area (Å²) in [4.78, 5) is 96.6. The van der Waals surface area contributed by atoms with Gasteiger partial charge in [0.2, 0.25) is 23.7 Å². The van der Waals surface area contributed by atoms with Gasteiger partial charge in [0.1, 0.15) is 6.04 Å². The number of carbonyl (C=O) groups is 6. The number of likely N-dealkylation sites (N-methyl/N-ethyl adjacent to an activating group) is 1. The number of nitrogens with zero attached hydrogens (tertiary/aromatic N) is 9. The van der Waals surface area contributed by atoms with E-state index in [0.29, 0.717) is 80.4 Å². The molecule has 0 aliphatic carbocycles. The van der Waals surface area contributed by atoms with Gasteiger partial charge in [-0.1, -0.05) is 19.1 Å². The fourth-order valence-corrected chi connectivity index (χ4v) is 9.19. The summed E-state index contributed by atoms with van der Waals surface area (Å²) < 4.78 is 7.92. The number of anilines is 3. The van der Waals surface area contributed by atoms with Gasteiger partial charge in [0.25, 0.3) is 23.6 Å². The van der Waals surface area contributed by atoms with Crippen LogP contribution in [0.3, 0.4) is 0 Å². The number of amides is 6. The van der Waals surface area contributed by atoms with Crippen LogP contribution in [0.5, 0.6) is 5.88 Å². The Bertz CT molecular complexity index is 2620. The summed E-state index contributed by atoms with van der Waals surface area (Å²) in [5.41, 5.74) is 6.14. The van der Waals surface area contributed by atoms with E-state index in [2.05, 4.69) is 49.6 Å². The molecule has 5 aliphatic heterocycles. The number of piperidine rings is 1. The summed E-state index contributed by atoms with van der Waals surface area (Å²) in [6.45, 7) is 8.62. The number of ether oxygens (including phenoxy) is 1. The number of pyridine rings is 1. The second kappa shape index (κ2) is 17.3. The van der Waals surface area contributed by atoms with Crippen molar-refractivity contribution in [3.8, 4) is 17.1 Å². The number of hydrogen-bond acceptors (Lipinski definition) is 13. The first-order chi connectivity index (χ1) is 30.8. The van der Waals surface area contributed by atoms with Gasteiger partial charge < -0.3 is 25.2 Å². The number of imide groups is 2. The summed E-state index contributed by atoms with van der Waals surface area (Å²) in [6, 6.07) is 13.6. The molecule has 6 amide bonds. The molecule has 18 heteroatoms. The molecule has 2 aromatic carbocycles. The third kappa shape index (κ3) is 8.08. The topological polar surface area (TPSA) is 195 Å². The van der Waals surface area contributed by atoms with Crippen molar-refractivity contribution in [2.24, 2.45) is 18.0 Å². The Morgan fingerprint density at radius 3 is 2.58 bits per heavy atom. The molecule has 2 bridgehead atoms. The van der Waals surface area contributed by atoms with Gasteiger partial charge in [-0.15, -0.1) is 0 Å². The smallest absolute Gasteiger partial charge is 0.280 e. The molecule has 9 rings (SSSR count). The van der Waals surface area contributed by atoms with E-state index in [4.69, 9.17) is 9.72 Å². The van der Waals surface area contributed by atoms with Gasteiger partial charge in [-0.05, 0) is 74.1 Å². The first-order valence-electron chi connectivity index (χ1n) is 21.8. The second-order valence-electron chi connectivity index (χ2n) is 17.2. The van der Waals surface area contributed by atoms with Gasteiger partial charge in [0.05, 0.1) is 46.6 Å². The van der Waals surface area contributed by atoms with E-state index in [-0.39, 0.29) is 60.6 Å². The normalized spacial score (nSPS) is 21.2. The molecular weight excluding hydrogens is 819 g/mol. The van der Waals surface area contributed by atoms with Crippen LogP contribution in [0.15, 0.2) is 59.7 Å². The monoisotopic (exact) mass is 869 g/mol. The summed E-state index contributed by atoms with van der Waals surface area (Å²) >= 11 is 0. The quantitative estimate of drug-likeness (QED) is 0.254. The lowest BCUT2D eigenvalue weighted by atomic mass is 10.0. The lowest BCUT2D eigenvalue weighted by Gasteiger charge is -2.35. The van der Waals surface area contributed by atoms with Crippen LogP contribution in [0.1, 0.15) is 81.4 Å². The first kappa shape index (κ1) is 42.4. The molecule has 2 N–H and O–H groups in total. The van der Waals surface area contributed by atoms with Crippen molar-refractivity contribution in [3.05, 3.63) is 82.7 Å². The van der Waals surface area contributed by atoms with Crippen molar-refractivity contribution in [1.29, 1.82) is 0 Å². The van der Waals surface area contributed by atoms with Crippen LogP contribution in [0.4, 0.5) is 17.1 Å². The molecule has 2 atom stereocenters. The van der Waals surface area contributed by atoms with Crippen LogP contribution in [0.25, 0.3) is 11.3 Å². The summed E-state index contributed by atoms with van der Waals surface area (Å²) in [7, 11) is 3.19. The molecule has 2 aromatic heterocycles. The van der Waals surface area contributed by atoms with Crippen molar-refractivity contribution in [3.63, 3.8) is 0 Å². The predicted molar refractivity (Wildman–Crippen MR) is 237 cm³/mol. The summed E-state index contributed by atoms with van der Waals surface area (Å²) in [6.07, 6.45) is 3.76. The molecule has 5 aliphatic rings. The van der Waals surface area contributed by atoms with E-state index in [1.54, 1.807) is 41.2 Å². The second-order valence-corrected chi connectivity index (χ2v) is 17.2. The van der Waals surface area contributed by atoms with E-state index in [1.807, 2.05) is 24.9 Å². The van der Waals surface area contributed by atoms with E-state index in [1.165, 1.54) is 7.05 Å². The van der Waals surface area contributed by atoms with Crippen molar-refractivity contribution in [2.45, 2.75) is 58.5 Å². The Morgan fingerprint density at radius 2 is 1.77 bits per heavy atom. The highest BCUT2D eigenvalue weighted by atomic mass is 16.5. The number of aromatic nitrogens is 3. The molecule has 0 spiro atoms. The number of aliphatic imine (C=N–C) groups is 1. The molecule has 0 radical (unpaired) electrons. The molecule has 1 unspecified atom stereocenters. The largest absolute Gasteiger partial charge is 0.477 e. The van der Waals surface area contributed by atoms with Crippen LogP contribution in [-0.4, -0.2) is 135 Å². The Labute approximate surface area is 370 Å². The van der Waals surface area contributed by atoms with Gasteiger partial charge in [0.15, 0.2) is 0 Å². The molecule has 64 heavy (non-hydrogen) atoms. The number of likely N-dealkylation sites (tertiary alicyclic amines) is 1. The molecule has 332 valence electrons. The molecule has 7 heterocycles. The zero-order valence-corrected chi connectivity index (χ0v) is 36.4. The highest BCUT2D eigenvalue weighted by Crippen LogP contribution is 2.37. The third-order valence-electron chi connectivity index (χ3n) is 12.7. The first-order valence-corrected chi connectivity index (χ1v) is 21.8. The maximum absolute atomic E-state index is 13.8. The minimum absolute atomic E-state index is 0.0214.